The van der Waals surface area contributed by atoms with Crippen LogP contribution in [0.2, 0.25) is 0 Å². The summed E-state index contributed by atoms with van der Waals surface area (Å²) >= 11 is 0. The van der Waals surface area contributed by atoms with Crippen molar-refractivity contribution in [3.63, 3.8) is 0 Å². The number of allylic oxidation sites excluding steroid dienone is 12. The van der Waals surface area contributed by atoms with E-state index < -0.39 is 11.7 Å². The molecule has 0 amide bonds. The van der Waals surface area contributed by atoms with Gasteiger partial charge >= 0.3 is 0 Å². The van der Waals surface area contributed by atoms with E-state index in [1.165, 1.54) is 173 Å². The van der Waals surface area contributed by atoms with Crippen LogP contribution in [0, 0.1) is 0 Å². The molecule has 4 rings (SSSR count). The van der Waals surface area contributed by atoms with E-state index in [4.69, 9.17) is 33.2 Å². The summed E-state index contributed by atoms with van der Waals surface area (Å²) in [5.41, 5.74) is 1.98. The average Bonchev–Trinajstić information content (AvgIpc) is 1.03. The molecule has 3 aromatic carbocycles. The fourth-order valence-corrected chi connectivity index (χ4v) is 11.8. The minimum Gasteiger partial charge on any atom is -0.497 e. The molecule has 3 aromatic rings. The van der Waals surface area contributed by atoms with Gasteiger partial charge in [-0.3, -0.25) is 0 Å². The van der Waals surface area contributed by atoms with Crippen molar-refractivity contribution in [1.82, 2.24) is 0 Å². The summed E-state index contributed by atoms with van der Waals surface area (Å²) in [6.45, 7) is 9.50. The molecule has 4 atom stereocenters. The first-order valence-corrected chi connectivity index (χ1v) is 36.0. The predicted octanol–water partition coefficient (Wildman–Crippen LogP) is 23.0. The molecule has 0 bridgehead atoms. The predicted molar refractivity (Wildman–Crippen MR) is 375 cm³/mol. The summed E-state index contributed by atoms with van der Waals surface area (Å²) in [5, 5.41) is 0. The lowest BCUT2D eigenvalue weighted by atomic mass is 9.80. The Labute approximate surface area is 539 Å². The Hall–Kier alpha value is -4.50. The highest BCUT2D eigenvalue weighted by Crippen LogP contribution is 2.42. The summed E-state index contributed by atoms with van der Waals surface area (Å²) in [6, 6.07) is 27.2. The summed E-state index contributed by atoms with van der Waals surface area (Å²) in [6.07, 6.45) is 70.4. The van der Waals surface area contributed by atoms with E-state index in [1.807, 2.05) is 24.3 Å². The maximum Gasteiger partial charge on any atom is 0.143 e. The average molecular weight is 1210 g/mol. The van der Waals surface area contributed by atoms with Crippen molar-refractivity contribution in [2.75, 3.05) is 47.3 Å². The van der Waals surface area contributed by atoms with Gasteiger partial charge in [-0.1, -0.05) is 264 Å². The molecular weight excluding hydrogens is 1080 g/mol. The summed E-state index contributed by atoms with van der Waals surface area (Å²) < 4.78 is 46.9. The number of hydrogen-bond acceptors (Lipinski definition) is 7. The Morgan fingerprint density at radius 2 is 0.750 bits per heavy atom. The molecule has 1 aliphatic rings. The molecule has 1 fully saturated rings. The smallest absolute Gasteiger partial charge is 0.143 e. The van der Waals surface area contributed by atoms with Crippen molar-refractivity contribution in [1.29, 1.82) is 0 Å². The molecule has 1 heterocycles. The lowest BCUT2D eigenvalue weighted by Gasteiger charge is -2.38. The quantitative estimate of drug-likeness (QED) is 0.0317. The van der Waals surface area contributed by atoms with E-state index in [-0.39, 0.29) is 24.9 Å². The fraction of sp³-hybridized carbons (Fsp3) is 0.630. The van der Waals surface area contributed by atoms with Crippen molar-refractivity contribution >= 4 is 0 Å². The van der Waals surface area contributed by atoms with Crippen LogP contribution in [0.1, 0.15) is 269 Å². The van der Waals surface area contributed by atoms with Gasteiger partial charge in [-0.2, -0.15) is 0 Å². The summed E-state index contributed by atoms with van der Waals surface area (Å²) in [4.78, 5) is 0. The Balaban J connectivity index is 1.45. The van der Waals surface area contributed by atoms with Crippen LogP contribution in [0.3, 0.4) is 0 Å². The van der Waals surface area contributed by atoms with E-state index in [1.54, 1.807) is 14.2 Å². The zero-order chi connectivity index (χ0) is 62.3. The molecule has 0 radical (unpaired) electrons. The van der Waals surface area contributed by atoms with Crippen molar-refractivity contribution < 1.29 is 33.2 Å². The van der Waals surface area contributed by atoms with Gasteiger partial charge in [0.2, 0.25) is 0 Å². The third-order valence-corrected chi connectivity index (χ3v) is 17.2. The van der Waals surface area contributed by atoms with E-state index >= 15 is 0 Å². The standard InChI is InChI=1S/C81H126O7/c1-6-9-12-15-18-21-24-27-30-33-36-39-42-45-48-54-67-84-77-70-87-80(79(77)86-69-56-50-47-44-41-38-35-32-29-26-23-20-17-14-11-8-3)78(85-68-55-49-46-43-40-37-34-31-28-25-22-19-16-13-10-7-2)71-88-81(72-57-52-51-53-58-72,73-59-63-75(82-4)64-60-73)74-61-65-76(83-5)66-62-74/h18-23,27-32,51-53,57-66,77-80H,6-17,24-26,33-50,54-56,67-71H2,1-5H3/b21-18-,22-19-,23-20-,30-27-,31-28-,32-29-/t77-,78+,79+,80+/m0/s1. The first kappa shape index (κ1) is 76.0. The summed E-state index contributed by atoms with van der Waals surface area (Å²) in [7, 11) is 3.42. The van der Waals surface area contributed by atoms with E-state index in [9.17, 15) is 0 Å². The maximum atomic E-state index is 7.61. The highest BCUT2D eigenvalue weighted by Gasteiger charge is 2.46. The van der Waals surface area contributed by atoms with Gasteiger partial charge in [0.15, 0.2) is 0 Å². The second kappa shape index (κ2) is 53.2. The molecule has 88 heavy (non-hydrogen) atoms. The highest BCUT2D eigenvalue weighted by molar-refractivity contribution is 5.49. The van der Waals surface area contributed by atoms with E-state index in [0.29, 0.717) is 26.4 Å². The molecule has 7 heteroatoms. The number of benzene rings is 3. The Bertz CT molecular complexity index is 2180. The van der Waals surface area contributed by atoms with E-state index in [2.05, 4.69) is 148 Å². The second-order valence-electron chi connectivity index (χ2n) is 24.5. The van der Waals surface area contributed by atoms with E-state index in [0.717, 1.165) is 86.0 Å². The molecule has 0 unspecified atom stereocenters. The largest absolute Gasteiger partial charge is 0.497 e. The Morgan fingerprint density at radius 3 is 1.15 bits per heavy atom. The van der Waals surface area contributed by atoms with Gasteiger partial charge in [0.1, 0.15) is 41.5 Å². The zero-order valence-corrected chi connectivity index (χ0v) is 56.6. The minimum absolute atomic E-state index is 0.192. The first-order valence-electron chi connectivity index (χ1n) is 36.0. The van der Waals surface area contributed by atoms with Crippen LogP contribution in [0.4, 0.5) is 0 Å². The van der Waals surface area contributed by atoms with Crippen LogP contribution < -0.4 is 9.47 Å². The molecule has 0 aliphatic carbocycles. The molecule has 0 spiro atoms. The Morgan fingerprint density at radius 1 is 0.398 bits per heavy atom. The maximum absolute atomic E-state index is 7.61. The lowest BCUT2D eigenvalue weighted by molar-refractivity contribution is -0.143. The Kier molecular flexibility index (Phi) is 45.9. The number of methoxy groups -OCH3 is 2. The summed E-state index contributed by atoms with van der Waals surface area (Å²) in [5.74, 6) is 1.58. The van der Waals surface area contributed by atoms with Crippen LogP contribution in [-0.2, 0) is 29.3 Å². The topological polar surface area (TPSA) is 64.6 Å². The van der Waals surface area contributed by atoms with Crippen LogP contribution in [0.25, 0.3) is 0 Å². The van der Waals surface area contributed by atoms with Crippen LogP contribution in [-0.4, -0.2) is 71.7 Å². The van der Waals surface area contributed by atoms with Gasteiger partial charge in [-0.15, -0.1) is 0 Å². The third-order valence-electron chi connectivity index (χ3n) is 17.2. The molecule has 1 saturated heterocycles. The van der Waals surface area contributed by atoms with Gasteiger partial charge in [0.25, 0.3) is 0 Å². The SMILES string of the molecule is CCCCC/C=C\C/C=C\CCCCCCCCO[C@H]1[C@@H]([C@@H](COC(c2ccccc2)(c2ccc(OC)cc2)c2ccc(OC)cc2)OCCCCCCCC/C=C\C/C=C\CCCCC)OC[C@@H]1OCCCCCCCC/C=C\C/C=C\CCCCC. The number of ether oxygens (including phenoxy) is 7. The van der Waals surface area contributed by atoms with Crippen LogP contribution in [0.15, 0.2) is 152 Å². The van der Waals surface area contributed by atoms with Gasteiger partial charge < -0.3 is 33.2 Å². The molecular formula is C81H126O7. The minimum atomic E-state index is -1.00. The second-order valence-corrected chi connectivity index (χ2v) is 24.5. The fourth-order valence-electron chi connectivity index (χ4n) is 11.8. The zero-order valence-electron chi connectivity index (χ0n) is 56.6. The molecule has 1 aliphatic heterocycles. The number of rotatable bonds is 57. The van der Waals surface area contributed by atoms with Crippen molar-refractivity contribution in [2.45, 2.75) is 282 Å². The highest BCUT2D eigenvalue weighted by atomic mass is 16.6. The number of unbranched alkanes of at least 4 members (excludes halogenated alkanes) is 27. The van der Waals surface area contributed by atoms with Gasteiger partial charge in [-0.05, 0) is 157 Å². The van der Waals surface area contributed by atoms with Crippen molar-refractivity contribution in [3.05, 3.63) is 168 Å². The van der Waals surface area contributed by atoms with Gasteiger partial charge in [0, 0.05) is 19.8 Å². The molecule has 7 nitrogen and oxygen atoms in total. The molecule has 0 N–H and O–H groups in total. The molecule has 0 saturated carbocycles. The molecule has 492 valence electrons. The lowest BCUT2D eigenvalue weighted by Crippen LogP contribution is -2.47. The molecule has 0 aromatic heterocycles. The van der Waals surface area contributed by atoms with Gasteiger partial charge in [0.05, 0.1) is 27.4 Å². The van der Waals surface area contributed by atoms with Crippen molar-refractivity contribution in [3.8, 4) is 11.5 Å². The number of hydrogen-bond donors (Lipinski definition) is 0. The van der Waals surface area contributed by atoms with Crippen LogP contribution in [0.5, 0.6) is 11.5 Å². The van der Waals surface area contributed by atoms with Gasteiger partial charge in [-0.25, -0.2) is 0 Å². The monoisotopic (exact) mass is 1210 g/mol. The van der Waals surface area contributed by atoms with Crippen molar-refractivity contribution in [2.24, 2.45) is 0 Å². The normalized spacial score (nSPS) is 16.1. The van der Waals surface area contributed by atoms with Crippen LogP contribution >= 0.6 is 0 Å². The first-order chi connectivity index (χ1) is 43.6. The third kappa shape index (κ3) is 33.5.